The van der Waals surface area contributed by atoms with E-state index in [1.807, 2.05) is 24.3 Å². The van der Waals surface area contributed by atoms with Crippen LogP contribution in [0.25, 0.3) is 11.0 Å². The highest BCUT2D eigenvalue weighted by molar-refractivity contribution is 5.80. The van der Waals surface area contributed by atoms with Crippen LogP contribution in [-0.2, 0) is 11.3 Å². The number of nitrogens with zero attached hydrogens (tertiary/aromatic N) is 2. The third-order valence-corrected chi connectivity index (χ3v) is 5.29. The molecule has 3 atom stereocenters. The van der Waals surface area contributed by atoms with Gasteiger partial charge in [0.2, 0.25) is 5.91 Å². The van der Waals surface area contributed by atoms with E-state index < -0.39 is 0 Å². The summed E-state index contributed by atoms with van der Waals surface area (Å²) in [5.74, 6) is 1.74. The van der Waals surface area contributed by atoms with Gasteiger partial charge in [0.25, 0.3) is 5.56 Å². The summed E-state index contributed by atoms with van der Waals surface area (Å²) in [6.07, 6.45) is 6.98. The number of carbonyl (C=O) groups excluding carboxylic acids is 1. The molecule has 5 heteroatoms. The second-order valence-corrected chi connectivity index (χ2v) is 6.92. The van der Waals surface area contributed by atoms with Gasteiger partial charge in [0.05, 0.1) is 11.0 Å². The number of hydrogen-bond acceptors (Lipinski definition) is 3. The molecule has 2 aliphatic carbocycles. The van der Waals surface area contributed by atoms with Crippen LogP contribution in [0.4, 0.5) is 0 Å². The van der Waals surface area contributed by atoms with E-state index >= 15 is 0 Å². The summed E-state index contributed by atoms with van der Waals surface area (Å²) in [5.41, 5.74) is 1.65. The van der Waals surface area contributed by atoms with Crippen LogP contribution in [0.1, 0.15) is 18.5 Å². The number of amides is 1. The van der Waals surface area contributed by atoms with E-state index in [-0.39, 0.29) is 18.0 Å². The van der Waals surface area contributed by atoms with Gasteiger partial charge < -0.3 is 5.32 Å². The third kappa shape index (κ3) is 2.64. The number of nitrogens with one attached hydrogen (secondary N) is 1. The van der Waals surface area contributed by atoms with Crippen molar-refractivity contribution in [1.82, 2.24) is 14.9 Å². The first kappa shape index (κ1) is 15.1. The van der Waals surface area contributed by atoms with E-state index in [2.05, 4.69) is 22.5 Å². The van der Waals surface area contributed by atoms with Gasteiger partial charge in [-0.2, -0.15) is 0 Å². The number of hydrogen-bond donors (Lipinski definition) is 1. The molecule has 2 aliphatic rings. The van der Waals surface area contributed by atoms with Crippen LogP contribution < -0.4 is 10.9 Å². The molecule has 1 amide bonds. The van der Waals surface area contributed by atoms with Crippen molar-refractivity contribution in [2.75, 3.05) is 6.54 Å². The zero-order valence-corrected chi connectivity index (χ0v) is 13.7. The second-order valence-electron chi connectivity index (χ2n) is 6.92. The van der Waals surface area contributed by atoms with Crippen molar-refractivity contribution in [2.45, 2.75) is 26.3 Å². The summed E-state index contributed by atoms with van der Waals surface area (Å²) in [5, 5.41) is 3.02. The van der Waals surface area contributed by atoms with Crippen LogP contribution in [0.3, 0.4) is 0 Å². The Labute approximate surface area is 140 Å². The lowest BCUT2D eigenvalue weighted by Crippen LogP contribution is -2.36. The van der Waals surface area contributed by atoms with Gasteiger partial charge >= 0.3 is 0 Å². The quantitative estimate of drug-likeness (QED) is 0.876. The van der Waals surface area contributed by atoms with Crippen molar-refractivity contribution in [3.8, 4) is 0 Å². The minimum Gasteiger partial charge on any atom is -0.354 e. The van der Waals surface area contributed by atoms with Gasteiger partial charge in [0.15, 0.2) is 0 Å². The zero-order chi connectivity index (χ0) is 16.7. The standard InChI is InChI=1S/C19H21N3O2/c1-12-19(24)22(17-5-3-2-4-16(17)21-12)11-18(23)20-10-15-9-13-6-7-14(15)8-13/h2-7,13-15H,8-11H2,1H3,(H,20,23)/t13-,14-,15-/m0/s1. The van der Waals surface area contributed by atoms with Crippen LogP contribution in [0, 0.1) is 24.7 Å². The first-order valence-electron chi connectivity index (χ1n) is 8.53. The van der Waals surface area contributed by atoms with Gasteiger partial charge in [-0.1, -0.05) is 24.3 Å². The fraction of sp³-hybridized carbons (Fsp3) is 0.421. The molecule has 0 spiro atoms. The number of rotatable bonds is 4. The van der Waals surface area contributed by atoms with Gasteiger partial charge in [-0.3, -0.25) is 14.2 Å². The van der Waals surface area contributed by atoms with Gasteiger partial charge in [0.1, 0.15) is 12.2 Å². The average Bonchev–Trinajstić information content (AvgIpc) is 3.20. The lowest BCUT2D eigenvalue weighted by atomic mass is 9.94. The predicted octanol–water partition coefficient (Wildman–Crippen LogP) is 2.03. The Bertz CT molecular complexity index is 884. The van der Waals surface area contributed by atoms with Crippen molar-refractivity contribution in [2.24, 2.45) is 17.8 Å². The Morgan fingerprint density at radius 1 is 1.29 bits per heavy atom. The molecule has 24 heavy (non-hydrogen) atoms. The fourth-order valence-corrected chi connectivity index (χ4v) is 4.05. The maximum atomic E-state index is 12.4. The lowest BCUT2D eigenvalue weighted by molar-refractivity contribution is -0.121. The van der Waals surface area contributed by atoms with Crippen molar-refractivity contribution < 1.29 is 4.79 Å². The summed E-state index contributed by atoms with van der Waals surface area (Å²) in [6, 6.07) is 7.43. The van der Waals surface area contributed by atoms with Crippen molar-refractivity contribution in [1.29, 1.82) is 0 Å². The SMILES string of the molecule is Cc1nc2ccccc2n(CC(=O)NC[C@@H]2C[C@H]3C=C[C@H]2C3)c1=O. The molecule has 0 radical (unpaired) electrons. The number of carbonyl (C=O) groups is 1. The number of fused-ring (bicyclic) bond motifs is 3. The van der Waals surface area contributed by atoms with E-state index in [4.69, 9.17) is 0 Å². The normalized spacial score (nSPS) is 24.6. The summed E-state index contributed by atoms with van der Waals surface area (Å²) >= 11 is 0. The molecule has 1 saturated carbocycles. The van der Waals surface area contributed by atoms with Crippen molar-refractivity contribution >= 4 is 16.9 Å². The second kappa shape index (κ2) is 5.89. The molecule has 124 valence electrons. The van der Waals surface area contributed by atoms with E-state index in [1.165, 1.54) is 17.4 Å². The molecule has 0 saturated heterocycles. The third-order valence-electron chi connectivity index (χ3n) is 5.29. The Hall–Kier alpha value is -2.43. The molecule has 1 fully saturated rings. The van der Waals surface area contributed by atoms with Crippen LogP contribution in [0.15, 0.2) is 41.2 Å². The van der Waals surface area contributed by atoms with Crippen LogP contribution in [0.2, 0.25) is 0 Å². The fourth-order valence-electron chi connectivity index (χ4n) is 4.05. The minimum atomic E-state index is -0.202. The van der Waals surface area contributed by atoms with Crippen molar-refractivity contribution in [3.05, 3.63) is 52.5 Å². The molecule has 1 aromatic heterocycles. The maximum absolute atomic E-state index is 12.4. The molecule has 1 N–H and O–H groups in total. The molecule has 5 nitrogen and oxygen atoms in total. The number of aromatic nitrogens is 2. The van der Waals surface area contributed by atoms with E-state index in [0.717, 1.165) is 5.52 Å². The molecule has 1 aromatic carbocycles. The Kier molecular flexibility index (Phi) is 3.71. The van der Waals surface area contributed by atoms with E-state index in [9.17, 15) is 9.59 Å². The van der Waals surface area contributed by atoms with Crippen molar-refractivity contribution in [3.63, 3.8) is 0 Å². The molecule has 2 aromatic rings. The van der Waals surface area contributed by atoms with Crippen LogP contribution in [-0.4, -0.2) is 22.0 Å². The smallest absolute Gasteiger partial charge is 0.272 e. The van der Waals surface area contributed by atoms with Gasteiger partial charge in [-0.05, 0) is 49.7 Å². The minimum absolute atomic E-state index is 0.0410. The van der Waals surface area contributed by atoms with Gasteiger partial charge in [-0.15, -0.1) is 0 Å². The molecule has 1 heterocycles. The van der Waals surface area contributed by atoms with Gasteiger partial charge in [0, 0.05) is 6.54 Å². The molecule has 0 aliphatic heterocycles. The molecule has 2 bridgehead atoms. The van der Waals surface area contributed by atoms with Crippen LogP contribution in [0.5, 0.6) is 0 Å². The number of para-hydroxylation sites is 2. The van der Waals surface area contributed by atoms with Gasteiger partial charge in [-0.25, -0.2) is 4.98 Å². The Balaban J connectivity index is 1.49. The first-order chi connectivity index (χ1) is 11.6. The van der Waals surface area contributed by atoms with Crippen LogP contribution >= 0.6 is 0 Å². The molecular formula is C19H21N3O2. The number of aryl methyl sites for hydroxylation is 1. The number of allylic oxidation sites excluding steroid dienone is 2. The molecule has 0 unspecified atom stereocenters. The zero-order valence-electron chi connectivity index (χ0n) is 13.7. The first-order valence-corrected chi connectivity index (χ1v) is 8.53. The monoisotopic (exact) mass is 323 g/mol. The Morgan fingerprint density at radius 2 is 2.12 bits per heavy atom. The number of benzene rings is 1. The average molecular weight is 323 g/mol. The Morgan fingerprint density at radius 3 is 2.88 bits per heavy atom. The summed E-state index contributed by atoms with van der Waals surface area (Å²) < 4.78 is 1.52. The highest BCUT2D eigenvalue weighted by Gasteiger charge is 2.35. The largest absolute Gasteiger partial charge is 0.354 e. The topological polar surface area (TPSA) is 64.0 Å². The highest BCUT2D eigenvalue weighted by atomic mass is 16.2. The summed E-state index contributed by atoms with van der Waals surface area (Å²) in [4.78, 5) is 29.1. The predicted molar refractivity (Wildman–Crippen MR) is 92.6 cm³/mol. The van der Waals surface area contributed by atoms with E-state index in [0.29, 0.717) is 35.5 Å². The lowest BCUT2D eigenvalue weighted by Gasteiger charge is -2.19. The maximum Gasteiger partial charge on any atom is 0.272 e. The molecule has 4 rings (SSSR count). The molecular weight excluding hydrogens is 302 g/mol. The highest BCUT2D eigenvalue weighted by Crippen LogP contribution is 2.42. The summed E-state index contributed by atoms with van der Waals surface area (Å²) in [6.45, 7) is 2.42. The summed E-state index contributed by atoms with van der Waals surface area (Å²) in [7, 11) is 0. The van der Waals surface area contributed by atoms with E-state index in [1.54, 1.807) is 6.92 Å².